The van der Waals surface area contributed by atoms with Crippen molar-refractivity contribution in [3.05, 3.63) is 71.8 Å². The van der Waals surface area contributed by atoms with E-state index >= 15 is 0 Å². The number of carbonyl (C=O) groups is 2. The molecule has 1 aliphatic rings. The molecule has 1 N–H and O–H groups in total. The number of rotatable bonds is 6. The molecule has 1 fully saturated rings. The number of ether oxygens (including phenoxy) is 1. The average molecular weight is 352 g/mol. The molecular formula is C21H24N2O3. The number of nitrogens with zero attached hydrogens (tertiary/aromatic N) is 1. The lowest BCUT2D eigenvalue weighted by Gasteiger charge is -2.31. The van der Waals surface area contributed by atoms with Crippen LogP contribution >= 0.6 is 0 Å². The summed E-state index contributed by atoms with van der Waals surface area (Å²) < 4.78 is 5.32. The Morgan fingerprint density at radius 1 is 0.962 bits per heavy atom. The lowest BCUT2D eigenvalue weighted by Crippen LogP contribution is -2.47. The highest BCUT2D eigenvalue weighted by Gasteiger charge is 2.28. The van der Waals surface area contributed by atoms with Crippen LogP contribution in [-0.4, -0.2) is 43.0 Å². The number of hydrogen-bond donors (Lipinski definition) is 1. The van der Waals surface area contributed by atoms with Crippen LogP contribution in [0, 0.1) is 0 Å². The van der Waals surface area contributed by atoms with Crippen LogP contribution < -0.4 is 5.32 Å². The summed E-state index contributed by atoms with van der Waals surface area (Å²) in [4.78, 5) is 27.2. The Hall–Kier alpha value is -2.66. The molecule has 5 nitrogen and oxygen atoms in total. The van der Waals surface area contributed by atoms with Gasteiger partial charge < -0.3 is 15.0 Å². The highest BCUT2D eigenvalue weighted by Crippen LogP contribution is 2.17. The summed E-state index contributed by atoms with van der Waals surface area (Å²) >= 11 is 0. The molecular weight excluding hydrogens is 328 g/mol. The SMILES string of the molecule is O=C(CCc1ccccc1)N[C@@H](C(=O)N1CCOCC1)c1ccccc1. The number of benzene rings is 2. The Kier molecular flexibility index (Phi) is 6.39. The highest BCUT2D eigenvalue weighted by molar-refractivity contribution is 5.88. The number of aryl methyl sites for hydroxylation is 1. The molecule has 136 valence electrons. The van der Waals surface area contributed by atoms with Crippen molar-refractivity contribution < 1.29 is 14.3 Å². The molecule has 0 bridgehead atoms. The summed E-state index contributed by atoms with van der Waals surface area (Å²) in [6.45, 7) is 2.19. The number of amides is 2. The lowest BCUT2D eigenvalue weighted by molar-refractivity contribution is -0.140. The molecule has 2 amide bonds. The minimum absolute atomic E-state index is 0.0763. The van der Waals surface area contributed by atoms with Crippen molar-refractivity contribution in [2.45, 2.75) is 18.9 Å². The zero-order valence-electron chi connectivity index (χ0n) is 14.8. The van der Waals surface area contributed by atoms with Gasteiger partial charge in [-0.05, 0) is 17.5 Å². The van der Waals surface area contributed by atoms with E-state index in [1.165, 1.54) is 0 Å². The van der Waals surface area contributed by atoms with Gasteiger partial charge in [0.05, 0.1) is 13.2 Å². The standard InChI is InChI=1S/C21H24N2O3/c24-19(12-11-17-7-3-1-4-8-17)22-20(18-9-5-2-6-10-18)21(25)23-13-15-26-16-14-23/h1-10,20H,11-16H2,(H,22,24)/t20-/m1/s1. The molecule has 0 spiro atoms. The zero-order chi connectivity index (χ0) is 18.2. The second-order valence-corrected chi connectivity index (χ2v) is 6.33. The summed E-state index contributed by atoms with van der Waals surface area (Å²) in [5, 5.41) is 2.93. The third-order valence-electron chi connectivity index (χ3n) is 4.49. The quantitative estimate of drug-likeness (QED) is 0.868. The molecule has 0 aliphatic carbocycles. The van der Waals surface area contributed by atoms with Gasteiger partial charge in [-0.25, -0.2) is 0 Å². The predicted octanol–water partition coefficient (Wildman–Crippen LogP) is 2.34. The Labute approximate surface area is 154 Å². The van der Waals surface area contributed by atoms with Crippen molar-refractivity contribution >= 4 is 11.8 Å². The van der Waals surface area contributed by atoms with E-state index in [0.29, 0.717) is 39.1 Å². The van der Waals surface area contributed by atoms with Crippen LogP contribution in [0.4, 0.5) is 0 Å². The van der Waals surface area contributed by atoms with Crippen LogP contribution in [0.1, 0.15) is 23.6 Å². The molecule has 1 heterocycles. The van der Waals surface area contributed by atoms with Crippen LogP contribution in [-0.2, 0) is 20.7 Å². The van der Waals surface area contributed by atoms with Gasteiger partial charge in [0, 0.05) is 19.5 Å². The topological polar surface area (TPSA) is 58.6 Å². The van der Waals surface area contributed by atoms with Gasteiger partial charge >= 0.3 is 0 Å². The van der Waals surface area contributed by atoms with Crippen LogP contribution in [0.2, 0.25) is 0 Å². The summed E-state index contributed by atoms with van der Waals surface area (Å²) in [6.07, 6.45) is 1.00. The molecule has 0 saturated carbocycles. The minimum atomic E-state index is -0.655. The van der Waals surface area contributed by atoms with Crippen molar-refractivity contribution in [1.29, 1.82) is 0 Å². The second-order valence-electron chi connectivity index (χ2n) is 6.33. The van der Waals surface area contributed by atoms with E-state index < -0.39 is 6.04 Å². The van der Waals surface area contributed by atoms with E-state index in [0.717, 1.165) is 11.1 Å². The van der Waals surface area contributed by atoms with E-state index in [2.05, 4.69) is 5.32 Å². The third kappa shape index (κ3) is 4.92. The smallest absolute Gasteiger partial charge is 0.249 e. The Bertz CT molecular complexity index is 713. The Morgan fingerprint density at radius 3 is 2.23 bits per heavy atom. The molecule has 2 aromatic carbocycles. The van der Waals surface area contributed by atoms with Gasteiger partial charge in [-0.2, -0.15) is 0 Å². The van der Waals surface area contributed by atoms with Crippen LogP contribution in [0.25, 0.3) is 0 Å². The molecule has 0 aromatic heterocycles. The molecule has 3 rings (SSSR count). The van der Waals surface area contributed by atoms with Gasteiger partial charge in [-0.1, -0.05) is 60.7 Å². The van der Waals surface area contributed by atoms with Crippen LogP contribution in [0.5, 0.6) is 0 Å². The molecule has 2 aromatic rings. The lowest BCUT2D eigenvalue weighted by atomic mass is 10.0. The maximum absolute atomic E-state index is 13.0. The second kappa shape index (κ2) is 9.15. The first-order valence-corrected chi connectivity index (χ1v) is 8.99. The van der Waals surface area contributed by atoms with E-state index in [9.17, 15) is 9.59 Å². The Morgan fingerprint density at radius 2 is 1.58 bits per heavy atom. The maximum Gasteiger partial charge on any atom is 0.249 e. The number of carbonyl (C=O) groups excluding carboxylic acids is 2. The van der Waals surface area contributed by atoms with Gasteiger partial charge in [-0.15, -0.1) is 0 Å². The first-order valence-electron chi connectivity index (χ1n) is 8.99. The summed E-state index contributed by atoms with van der Waals surface area (Å²) in [7, 11) is 0. The molecule has 1 saturated heterocycles. The molecule has 0 radical (unpaired) electrons. The highest BCUT2D eigenvalue weighted by atomic mass is 16.5. The van der Waals surface area contributed by atoms with Crippen molar-refractivity contribution in [2.24, 2.45) is 0 Å². The number of hydrogen-bond acceptors (Lipinski definition) is 3. The van der Waals surface area contributed by atoms with E-state index in [1.54, 1.807) is 4.90 Å². The van der Waals surface area contributed by atoms with Gasteiger partial charge in [0.1, 0.15) is 6.04 Å². The minimum Gasteiger partial charge on any atom is -0.378 e. The number of nitrogens with one attached hydrogen (secondary N) is 1. The van der Waals surface area contributed by atoms with E-state index in [1.807, 2.05) is 60.7 Å². The fourth-order valence-corrected chi connectivity index (χ4v) is 3.04. The predicted molar refractivity (Wildman–Crippen MR) is 99.5 cm³/mol. The number of morpholine rings is 1. The van der Waals surface area contributed by atoms with Gasteiger partial charge in [0.15, 0.2) is 0 Å². The molecule has 26 heavy (non-hydrogen) atoms. The third-order valence-corrected chi connectivity index (χ3v) is 4.49. The van der Waals surface area contributed by atoms with Gasteiger partial charge in [0.2, 0.25) is 11.8 Å². The van der Waals surface area contributed by atoms with Gasteiger partial charge in [-0.3, -0.25) is 9.59 Å². The first-order chi connectivity index (χ1) is 12.7. The van der Waals surface area contributed by atoms with Crippen molar-refractivity contribution in [1.82, 2.24) is 10.2 Å². The van der Waals surface area contributed by atoms with Crippen molar-refractivity contribution in [3.8, 4) is 0 Å². The van der Waals surface area contributed by atoms with Crippen molar-refractivity contribution in [3.63, 3.8) is 0 Å². The molecule has 1 atom stereocenters. The van der Waals surface area contributed by atoms with E-state index in [-0.39, 0.29) is 11.8 Å². The summed E-state index contributed by atoms with van der Waals surface area (Å²) in [5.74, 6) is -0.197. The molecule has 5 heteroatoms. The molecule has 1 aliphatic heterocycles. The van der Waals surface area contributed by atoms with Crippen molar-refractivity contribution in [2.75, 3.05) is 26.3 Å². The average Bonchev–Trinajstić information content (AvgIpc) is 2.72. The normalized spacial score (nSPS) is 15.3. The van der Waals surface area contributed by atoms with Crippen LogP contribution in [0.3, 0.4) is 0 Å². The van der Waals surface area contributed by atoms with E-state index in [4.69, 9.17) is 4.74 Å². The fourth-order valence-electron chi connectivity index (χ4n) is 3.04. The molecule has 0 unspecified atom stereocenters. The maximum atomic E-state index is 13.0. The Balaban J connectivity index is 1.67. The summed E-state index contributed by atoms with van der Waals surface area (Å²) in [6, 6.07) is 18.6. The zero-order valence-corrected chi connectivity index (χ0v) is 14.8. The first kappa shape index (κ1) is 18.1. The van der Waals surface area contributed by atoms with Crippen LogP contribution in [0.15, 0.2) is 60.7 Å². The van der Waals surface area contributed by atoms with Gasteiger partial charge in [0.25, 0.3) is 0 Å². The largest absolute Gasteiger partial charge is 0.378 e. The summed E-state index contributed by atoms with van der Waals surface area (Å²) in [5.41, 5.74) is 1.91. The monoisotopic (exact) mass is 352 g/mol. The fraction of sp³-hybridized carbons (Fsp3) is 0.333.